The van der Waals surface area contributed by atoms with Gasteiger partial charge in [-0.2, -0.15) is 0 Å². The molecule has 0 unspecified atom stereocenters. The summed E-state index contributed by atoms with van der Waals surface area (Å²) in [6.07, 6.45) is 4.03. The predicted molar refractivity (Wildman–Crippen MR) is 73.0 cm³/mol. The second kappa shape index (κ2) is 5.69. The van der Waals surface area contributed by atoms with Gasteiger partial charge in [0, 0.05) is 24.1 Å². The molecule has 3 heteroatoms. The molecule has 88 valence electrons. The van der Waals surface area contributed by atoms with E-state index < -0.39 is 0 Å². The highest BCUT2D eigenvalue weighted by atomic mass is 79.9. The lowest BCUT2D eigenvalue weighted by molar-refractivity contribution is 0.577. The molecule has 1 heterocycles. The number of nitrogens with one attached hydrogen (secondary N) is 1. The molecule has 1 N–H and O–H groups in total. The summed E-state index contributed by atoms with van der Waals surface area (Å²) in [6, 6.07) is 6.67. The minimum atomic E-state index is 0.929. The average Bonchev–Trinajstić information content (AvgIpc) is 2.31. The van der Waals surface area contributed by atoms with Crippen LogP contribution in [0.25, 0.3) is 0 Å². The molecule has 1 fully saturated rings. The van der Waals surface area contributed by atoms with Gasteiger partial charge in [-0.25, -0.2) is 0 Å². The normalized spacial score (nSPS) is 16.5. The van der Waals surface area contributed by atoms with Crippen LogP contribution in [0.5, 0.6) is 0 Å². The van der Waals surface area contributed by atoms with E-state index >= 15 is 0 Å². The first-order chi connectivity index (χ1) is 7.81. The van der Waals surface area contributed by atoms with Gasteiger partial charge < -0.3 is 10.2 Å². The van der Waals surface area contributed by atoms with Gasteiger partial charge in [-0.15, -0.1) is 0 Å². The zero-order chi connectivity index (χ0) is 11.4. The van der Waals surface area contributed by atoms with Gasteiger partial charge in [0.05, 0.1) is 5.69 Å². The highest BCUT2D eigenvalue weighted by molar-refractivity contribution is 9.10. The number of piperidine rings is 1. The molecule has 0 atom stereocenters. The third kappa shape index (κ3) is 2.77. The predicted octanol–water partition coefficient (Wildman–Crippen LogP) is 3.16. The summed E-state index contributed by atoms with van der Waals surface area (Å²) in [5.74, 6) is 0. The number of hydrogen-bond acceptors (Lipinski definition) is 2. The van der Waals surface area contributed by atoms with Gasteiger partial charge >= 0.3 is 0 Å². The molecule has 2 nitrogen and oxygen atoms in total. The Hall–Kier alpha value is -0.540. The van der Waals surface area contributed by atoms with Gasteiger partial charge in [-0.3, -0.25) is 0 Å². The van der Waals surface area contributed by atoms with Crippen molar-refractivity contribution in [3.8, 4) is 0 Å². The van der Waals surface area contributed by atoms with E-state index in [9.17, 15) is 0 Å². The maximum absolute atomic E-state index is 3.68. The average molecular weight is 283 g/mol. The van der Waals surface area contributed by atoms with Crippen LogP contribution in [0.1, 0.15) is 24.8 Å². The van der Waals surface area contributed by atoms with Crippen LogP contribution < -0.4 is 10.2 Å². The van der Waals surface area contributed by atoms with Gasteiger partial charge in [0.1, 0.15) is 0 Å². The Kier molecular flexibility index (Phi) is 4.24. The monoisotopic (exact) mass is 282 g/mol. The Morgan fingerprint density at radius 1 is 1.25 bits per heavy atom. The van der Waals surface area contributed by atoms with Gasteiger partial charge in [0.15, 0.2) is 0 Å². The SMILES string of the molecule is CNCc1ccc(N2CCCCC2)c(Br)c1. The van der Waals surface area contributed by atoms with Gasteiger partial charge in [0.2, 0.25) is 0 Å². The first-order valence-corrected chi connectivity index (χ1v) is 6.78. The first-order valence-electron chi connectivity index (χ1n) is 5.99. The molecule has 1 aromatic carbocycles. The number of nitrogens with zero attached hydrogens (tertiary/aromatic N) is 1. The molecular weight excluding hydrogens is 264 g/mol. The second-order valence-electron chi connectivity index (χ2n) is 4.36. The number of rotatable bonds is 3. The van der Waals surface area contributed by atoms with Gasteiger partial charge in [-0.05, 0) is 59.9 Å². The van der Waals surface area contributed by atoms with E-state index in [4.69, 9.17) is 0 Å². The fourth-order valence-electron chi connectivity index (χ4n) is 2.26. The van der Waals surface area contributed by atoms with Crippen LogP contribution >= 0.6 is 15.9 Å². The van der Waals surface area contributed by atoms with Crippen LogP contribution in [0.2, 0.25) is 0 Å². The Labute approximate surface area is 106 Å². The fourth-order valence-corrected chi connectivity index (χ4v) is 2.93. The Morgan fingerprint density at radius 3 is 2.62 bits per heavy atom. The third-order valence-electron chi connectivity index (χ3n) is 3.09. The smallest absolute Gasteiger partial charge is 0.0510 e. The standard InChI is InChI=1S/C13H19BrN2/c1-15-10-11-5-6-13(12(14)9-11)16-7-3-2-4-8-16/h5-6,9,15H,2-4,7-8,10H2,1H3. The molecule has 0 spiro atoms. The topological polar surface area (TPSA) is 15.3 Å². The van der Waals surface area contributed by atoms with E-state index in [1.54, 1.807) is 0 Å². The largest absolute Gasteiger partial charge is 0.371 e. The zero-order valence-corrected chi connectivity index (χ0v) is 11.4. The molecule has 0 radical (unpaired) electrons. The lowest BCUT2D eigenvalue weighted by Gasteiger charge is -2.29. The van der Waals surface area contributed by atoms with Crippen molar-refractivity contribution in [3.05, 3.63) is 28.2 Å². The van der Waals surface area contributed by atoms with Crippen LogP contribution in [-0.2, 0) is 6.54 Å². The molecule has 1 aromatic rings. The van der Waals surface area contributed by atoms with Crippen molar-refractivity contribution in [1.29, 1.82) is 0 Å². The summed E-state index contributed by atoms with van der Waals surface area (Å²) in [7, 11) is 1.98. The van der Waals surface area contributed by atoms with E-state index in [1.807, 2.05) is 7.05 Å². The van der Waals surface area contributed by atoms with Crippen LogP contribution in [0.15, 0.2) is 22.7 Å². The Bertz CT molecular complexity index is 346. The van der Waals surface area contributed by atoms with Crippen molar-refractivity contribution in [2.75, 3.05) is 25.0 Å². The summed E-state index contributed by atoms with van der Waals surface area (Å²) >= 11 is 3.68. The molecule has 0 aliphatic carbocycles. The molecule has 1 aliphatic rings. The first kappa shape index (κ1) is 11.9. The maximum atomic E-state index is 3.68. The van der Waals surface area contributed by atoms with E-state index in [0.29, 0.717) is 0 Å². The summed E-state index contributed by atoms with van der Waals surface area (Å²) in [4.78, 5) is 2.48. The summed E-state index contributed by atoms with van der Waals surface area (Å²) in [5.41, 5.74) is 2.68. The molecule has 1 saturated heterocycles. The Balaban J connectivity index is 2.14. The summed E-state index contributed by atoms with van der Waals surface area (Å²) in [5, 5.41) is 3.18. The number of halogens is 1. The summed E-state index contributed by atoms with van der Waals surface area (Å²) in [6.45, 7) is 3.33. The molecule has 0 saturated carbocycles. The highest BCUT2D eigenvalue weighted by Crippen LogP contribution is 2.29. The molecule has 0 aromatic heterocycles. The molecule has 1 aliphatic heterocycles. The number of anilines is 1. The molecular formula is C13H19BrN2. The lowest BCUT2D eigenvalue weighted by atomic mass is 10.1. The maximum Gasteiger partial charge on any atom is 0.0510 e. The molecule has 2 rings (SSSR count). The van der Waals surface area contributed by atoms with Crippen LogP contribution in [0, 0.1) is 0 Å². The third-order valence-corrected chi connectivity index (χ3v) is 3.72. The minimum absolute atomic E-state index is 0.929. The lowest BCUT2D eigenvalue weighted by Crippen LogP contribution is -2.29. The van der Waals surface area contributed by atoms with Crippen LogP contribution in [-0.4, -0.2) is 20.1 Å². The fraction of sp³-hybridized carbons (Fsp3) is 0.538. The van der Waals surface area contributed by atoms with Crippen LogP contribution in [0.3, 0.4) is 0 Å². The van der Waals surface area contributed by atoms with Crippen molar-refractivity contribution in [2.45, 2.75) is 25.8 Å². The van der Waals surface area contributed by atoms with Gasteiger partial charge in [0.25, 0.3) is 0 Å². The van der Waals surface area contributed by atoms with Crippen molar-refractivity contribution in [1.82, 2.24) is 5.32 Å². The zero-order valence-electron chi connectivity index (χ0n) is 9.80. The number of benzene rings is 1. The summed E-state index contributed by atoms with van der Waals surface area (Å²) < 4.78 is 1.22. The van der Waals surface area contributed by atoms with Crippen molar-refractivity contribution in [2.24, 2.45) is 0 Å². The second-order valence-corrected chi connectivity index (χ2v) is 5.22. The van der Waals surface area contributed by atoms with Gasteiger partial charge in [-0.1, -0.05) is 6.07 Å². The van der Waals surface area contributed by atoms with Crippen molar-refractivity contribution in [3.63, 3.8) is 0 Å². The molecule has 0 bridgehead atoms. The number of hydrogen-bond donors (Lipinski definition) is 1. The van der Waals surface area contributed by atoms with E-state index in [-0.39, 0.29) is 0 Å². The van der Waals surface area contributed by atoms with E-state index in [2.05, 4.69) is 44.3 Å². The Morgan fingerprint density at radius 2 is 2.00 bits per heavy atom. The minimum Gasteiger partial charge on any atom is -0.371 e. The van der Waals surface area contributed by atoms with E-state index in [1.165, 1.54) is 48.1 Å². The van der Waals surface area contributed by atoms with Crippen molar-refractivity contribution < 1.29 is 0 Å². The highest BCUT2D eigenvalue weighted by Gasteiger charge is 2.13. The van der Waals surface area contributed by atoms with E-state index in [0.717, 1.165) is 6.54 Å². The van der Waals surface area contributed by atoms with Crippen molar-refractivity contribution >= 4 is 21.6 Å². The molecule has 16 heavy (non-hydrogen) atoms. The molecule has 0 amide bonds. The van der Waals surface area contributed by atoms with Crippen LogP contribution in [0.4, 0.5) is 5.69 Å². The quantitative estimate of drug-likeness (QED) is 0.916.